The van der Waals surface area contributed by atoms with E-state index in [9.17, 15) is 4.79 Å². The van der Waals surface area contributed by atoms with E-state index in [1.165, 1.54) is 38.9 Å². The summed E-state index contributed by atoms with van der Waals surface area (Å²) in [6, 6.07) is 17.2. The number of piperazine rings is 1. The first-order valence-electron chi connectivity index (χ1n) is 10.7. The zero-order chi connectivity index (χ0) is 20.2. The maximum atomic E-state index is 12.1. The van der Waals surface area contributed by atoms with Crippen molar-refractivity contribution in [3.05, 3.63) is 71.8 Å². The minimum absolute atomic E-state index is 0.0166. The second-order valence-electron chi connectivity index (χ2n) is 7.49. The van der Waals surface area contributed by atoms with Gasteiger partial charge in [0.25, 0.3) is 0 Å². The summed E-state index contributed by atoms with van der Waals surface area (Å²) in [5, 5.41) is 3.39. The summed E-state index contributed by atoms with van der Waals surface area (Å²) in [5.74, 6) is 0.903. The van der Waals surface area contributed by atoms with Crippen molar-refractivity contribution < 1.29 is 9.53 Å². The number of ketones is 1. The molecule has 0 aromatic heterocycles. The number of hydrogen-bond acceptors (Lipinski definition) is 4. The molecule has 3 rings (SSSR count). The van der Waals surface area contributed by atoms with Crippen LogP contribution >= 0.6 is 0 Å². The van der Waals surface area contributed by atoms with Gasteiger partial charge in [0.1, 0.15) is 5.75 Å². The van der Waals surface area contributed by atoms with E-state index in [0.717, 1.165) is 37.4 Å². The van der Waals surface area contributed by atoms with Gasteiger partial charge < -0.3 is 15.0 Å². The number of hydrogen-bond donors (Lipinski definition) is 1. The van der Waals surface area contributed by atoms with Crippen LogP contribution in [0.5, 0.6) is 5.75 Å². The van der Waals surface area contributed by atoms with Gasteiger partial charge in [-0.2, -0.15) is 0 Å². The molecule has 0 bridgehead atoms. The van der Waals surface area contributed by atoms with Crippen LogP contribution in [0.25, 0.3) is 6.08 Å². The van der Waals surface area contributed by atoms with Gasteiger partial charge >= 0.3 is 0 Å². The number of allylic oxidation sites excluding steroid dienone is 1. The van der Waals surface area contributed by atoms with Gasteiger partial charge in [-0.05, 0) is 43.2 Å². The molecule has 0 saturated carbocycles. The molecule has 4 heteroatoms. The summed E-state index contributed by atoms with van der Waals surface area (Å²) in [4.78, 5) is 14.7. The van der Waals surface area contributed by atoms with Crippen LogP contribution in [0.15, 0.2) is 60.7 Å². The fourth-order valence-corrected chi connectivity index (χ4v) is 3.46. The van der Waals surface area contributed by atoms with Crippen LogP contribution in [-0.2, 0) is 0 Å². The van der Waals surface area contributed by atoms with Crippen molar-refractivity contribution in [2.75, 3.05) is 39.3 Å². The van der Waals surface area contributed by atoms with Crippen molar-refractivity contribution in [3.8, 4) is 5.75 Å². The first kappa shape index (κ1) is 21.3. The second-order valence-corrected chi connectivity index (χ2v) is 7.49. The van der Waals surface area contributed by atoms with E-state index in [1.807, 2.05) is 60.7 Å². The van der Waals surface area contributed by atoms with Crippen LogP contribution in [0.1, 0.15) is 41.6 Å². The van der Waals surface area contributed by atoms with Crippen molar-refractivity contribution in [2.45, 2.75) is 25.7 Å². The molecule has 154 valence electrons. The van der Waals surface area contributed by atoms with E-state index < -0.39 is 0 Å². The molecule has 0 radical (unpaired) electrons. The molecule has 1 fully saturated rings. The largest absolute Gasteiger partial charge is 0.494 e. The summed E-state index contributed by atoms with van der Waals surface area (Å²) in [5.41, 5.74) is 1.70. The van der Waals surface area contributed by atoms with Crippen LogP contribution in [0, 0.1) is 0 Å². The van der Waals surface area contributed by atoms with Crippen LogP contribution in [0.4, 0.5) is 0 Å². The molecule has 1 saturated heterocycles. The minimum atomic E-state index is 0.0166. The van der Waals surface area contributed by atoms with Crippen molar-refractivity contribution >= 4 is 11.9 Å². The van der Waals surface area contributed by atoms with Gasteiger partial charge in [0.05, 0.1) is 6.61 Å². The van der Waals surface area contributed by atoms with Crippen molar-refractivity contribution in [1.82, 2.24) is 10.2 Å². The predicted molar refractivity (Wildman–Crippen MR) is 120 cm³/mol. The lowest BCUT2D eigenvalue weighted by molar-refractivity contribution is 0.104. The molecular weight excluding hydrogens is 360 g/mol. The second kappa shape index (κ2) is 12.2. The number of unbranched alkanes of at least 4 members (excludes halogenated alkanes) is 3. The molecule has 2 aromatic rings. The quantitative estimate of drug-likeness (QED) is 0.349. The highest BCUT2D eigenvalue weighted by molar-refractivity contribution is 6.06. The predicted octanol–water partition coefficient (Wildman–Crippen LogP) is 4.43. The summed E-state index contributed by atoms with van der Waals surface area (Å²) in [6.45, 7) is 6.63. The van der Waals surface area contributed by atoms with Crippen LogP contribution < -0.4 is 10.1 Å². The average molecular weight is 393 g/mol. The summed E-state index contributed by atoms with van der Waals surface area (Å²) < 4.78 is 5.84. The molecule has 0 spiro atoms. The molecule has 1 aliphatic rings. The number of nitrogens with one attached hydrogen (secondary N) is 1. The van der Waals surface area contributed by atoms with Gasteiger partial charge in [0.15, 0.2) is 5.78 Å². The van der Waals surface area contributed by atoms with Gasteiger partial charge in [0.2, 0.25) is 0 Å². The van der Waals surface area contributed by atoms with Gasteiger partial charge in [-0.25, -0.2) is 0 Å². The van der Waals surface area contributed by atoms with Gasteiger partial charge in [-0.3, -0.25) is 4.79 Å². The third kappa shape index (κ3) is 7.84. The first-order valence-corrected chi connectivity index (χ1v) is 10.7. The lowest BCUT2D eigenvalue weighted by atomic mass is 10.1. The van der Waals surface area contributed by atoms with E-state index in [0.29, 0.717) is 5.56 Å². The molecule has 0 atom stereocenters. The zero-order valence-corrected chi connectivity index (χ0v) is 17.2. The van der Waals surface area contributed by atoms with E-state index in [2.05, 4.69) is 10.2 Å². The Kier molecular flexibility index (Phi) is 8.95. The Balaban J connectivity index is 1.29. The van der Waals surface area contributed by atoms with Gasteiger partial charge in [-0.15, -0.1) is 0 Å². The number of benzene rings is 2. The van der Waals surface area contributed by atoms with Crippen molar-refractivity contribution in [1.29, 1.82) is 0 Å². The summed E-state index contributed by atoms with van der Waals surface area (Å²) in [6.07, 6.45) is 8.32. The van der Waals surface area contributed by atoms with Crippen molar-refractivity contribution in [2.24, 2.45) is 0 Å². The molecule has 4 nitrogen and oxygen atoms in total. The van der Waals surface area contributed by atoms with E-state index in [-0.39, 0.29) is 5.78 Å². The van der Waals surface area contributed by atoms with Gasteiger partial charge in [0, 0.05) is 31.7 Å². The van der Waals surface area contributed by atoms with Gasteiger partial charge in [-0.1, -0.05) is 61.4 Å². The Labute approximate surface area is 174 Å². The molecule has 2 aromatic carbocycles. The molecule has 1 heterocycles. The van der Waals surface area contributed by atoms with E-state index in [1.54, 1.807) is 6.08 Å². The highest BCUT2D eigenvalue weighted by atomic mass is 16.5. The number of ether oxygens (including phenoxy) is 1. The number of nitrogens with zero attached hydrogens (tertiary/aromatic N) is 1. The number of rotatable bonds is 11. The molecular formula is C25H32N2O2. The highest BCUT2D eigenvalue weighted by Crippen LogP contribution is 2.14. The first-order chi connectivity index (χ1) is 14.3. The number of carbonyl (C=O) groups is 1. The summed E-state index contributed by atoms with van der Waals surface area (Å²) >= 11 is 0. The van der Waals surface area contributed by atoms with Crippen LogP contribution in [-0.4, -0.2) is 50.0 Å². The van der Waals surface area contributed by atoms with E-state index >= 15 is 0 Å². The Hall–Kier alpha value is -2.43. The Morgan fingerprint density at radius 3 is 2.41 bits per heavy atom. The average Bonchev–Trinajstić information content (AvgIpc) is 2.79. The zero-order valence-electron chi connectivity index (χ0n) is 17.2. The molecule has 29 heavy (non-hydrogen) atoms. The lowest BCUT2D eigenvalue weighted by Gasteiger charge is -2.27. The maximum Gasteiger partial charge on any atom is 0.185 e. The standard InChI is InChI=1S/C25H32N2O2/c28-25(23-8-4-3-5-9-23)15-12-22-10-13-24(14-11-22)29-21-7-2-1-6-18-27-19-16-26-17-20-27/h3-5,8-15,26H,1-2,6-7,16-21H2/b15-12+. The van der Waals surface area contributed by atoms with Crippen LogP contribution in [0.3, 0.4) is 0 Å². The lowest BCUT2D eigenvalue weighted by Crippen LogP contribution is -2.43. The Bertz CT molecular complexity index is 750. The Morgan fingerprint density at radius 2 is 1.66 bits per heavy atom. The SMILES string of the molecule is O=C(/C=C/c1ccc(OCCCCCCN2CCNCC2)cc1)c1ccccc1. The molecule has 0 unspecified atom stereocenters. The minimum Gasteiger partial charge on any atom is -0.494 e. The molecule has 0 aliphatic carbocycles. The summed E-state index contributed by atoms with van der Waals surface area (Å²) in [7, 11) is 0. The fraction of sp³-hybridized carbons (Fsp3) is 0.400. The third-order valence-electron chi connectivity index (χ3n) is 5.21. The molecule has 1 N–H and O–H groups in total. The normalized spacial score (nSPS) is 14.9. The Morgan fingerprint density at radius 1 is 0.931 bits per heavy atom. The monoisotopic (exact) mass is 392 g/mol. The third-order valence-corrected chi connectivity index (χ3v) is 5.21. The topological polar surface area (TPSA) is 41.6 Å². The number of carbonyl (C=O) groups excluding carboxylic acids is 1. The fourth-order valence-electron chi connectivity index (χ4n) is 3.46. The van der Waals surface area contributed by atoms with Crippen molar-refractivity contribution in [3.63, 3.8) is 0 Å². The van der Waals surface area contributed by atoms with E-state index in [4.69, 9.17) is 4.74 Å². The smallest absolute Gasteiger partial charge is 0.185 e. The highest BCUT2D eigenvalue weighted by Gasteiger charge is 2.08. The molecule has 1 aliphatic heterocycles. The maximum absolute atomic E-state index is 12.1. The molecule has 0 amide bonds. The van der Waals surface area contributed by atoms with Crippen LogP contribution in [0.2, 0.25) is 0 Å².